The number of carbonyl (C=O) groups is 2. The van der Waals surface area contributed by atoms with Gasteiger partial charge in [0.1, 0.15) is 0 Å². The SMILES string of the molecule is NNCCCOCCOCCOCCCNC(=O)CCC(N)=O. The molecule has 0 rings (SSSR count). The average Bonchev–Trinajstić information content (AvgIpc) is 2.53. The van der Waals surface area contributed by atoms with Crippen LogP contribution in [0.25, 0.3) is 0 Å². The minimum absolute atomic E-state index is 0.0767. The second-order valence-corrected chi connectivity index (χ2v) is 4.81. The molecule has 0 heterocycles. The molecule has 0 aliphatic heterocycles. The first-order chi connectivity index (χ1) is 11.2. The predicted molar refractivity (Wildman–Crippen MR) is 85.3 cm³/mol. The molecule has 0 atom stereocenters. The van der Waals surface area contributed by atoms with E-state index in [2.05, 4.69) is 10.7 Å². The molecule has 0 spiro atoms. The summed E-state index contributed by atoms with van der Waals surface area (Å²) in [4.78, 5) is 21.8. The summed E-state index contributed by atoms with van der Waals surface area (Å²) in [7, 11) is 0. The van der Waals surface area contributed by atoms with Crippen molar-refractivity contribution in [3.63, 3.8) is 0 Å². The van der Waals surface area contributed by atoms with Crippen LogP contribution in [0.3, 0.4) is 0 Å². The summed E-state index contributed by atoms with van der Waals surface area (Å²) < 4.78 is 16.0. The van der Waals surface area contributed by atoms with Gasteiger partial charge in [-0.3, -0.25) is 20.9 Å². The van der Waals surface area contributed by atoms with Crippen LogP contribution in [0.1, 0.15) is 25.7 Å². The van der Waals surface area contributed by atoms with Crippen molar-refractivity contribution in [2.24, 2.45) is 11.6 Å². The number of nitrogens with two attached hydrogens (primary N) is 2. The molecule has 0 radical (unpaired) electrons. The van der Waals surface area contributed by atoms with Crippen molar-refractivity contribution < 1.29 is 23.8 Å². The lowest BCUT2D eigenvalue weighted by atomic mass is 10.3. The fourth-order valence-electron chi connectivity index (χ4n) is 1.55. The van der Waals surface area contributed by atoms with Crippen molar-refractivity contribution in [2.45, 2.75) is 25.7 Å². The Morgan fingerprint density at radius 1 is 0.783 bits per heavy atom. The molecule has 136 valence electrons. The van der Waals surface area contributed by atoms with Crippen LogP contribution in [0.2, 0.25) is 0 Å². The van der Waals surface area contributed by atoms with E-state index in [4.69, 9.17) is 25.8 Å². The van der Waals surface area contributed by atoms with Crippen molar-refractivity contribution in [1.82, 2.24) is 10.7 Å². The summed E-state index contributed by atoms with van der Waals surface area (Å²) in [5.74, 6) is 4.48. The second-order valence-electron chi connectivity index (χ2n) is 4.81. The minimum atomic E-state index is -0.471. The first-order valence-corrected chi connectivity index (χ1v) is 7.88. The Labute approximate surface area is 137 Å². The van der Waals surface area contributed by atoms with Gasteiger partial charge in [-0.05, 0) is 12.8 Å². The predicted octanol–water partition coefficient (Wildman–Crippen LogP) is -1.34. The summed E-state index contributed by atoms with van der Waals surface area (Å²) in [5.41, 5.74) is 7.51. The van der Waals surface area contributed by atoms with E-state index in [0.717, 1.165) is 13.0 Å². The van der Waals surface area contributed by atoms with Crippen molar-refractivity contribution in [2.75, 3.05) is 52.7 Å². The van der Waals surface area contributed by atoms with E-state index in [1.54, 1.807) is 0 Å². The Bertz CT molecular complexity index is 305. The molecule has 0 fully saturated rings. The lowest BCUT2D eigenvalue weighted by Crippen LogP contribution is -2.26. The van der Waals surface area contributed by atoms with Crippen LogP contribution in [0.4, 0.5) is 0 Å². The van der Waals surface area contributed by atoms with Gasteiger partial charge in [0.05, 0.1) is 26.4 Å². The van der Waals surface area contributed by atoms with E-state index in [-0.39, 0.29) is 18.7 Å². The molecule has 2 amide bonds. The maximum atomic E-state index is 11.3. The maximum Gasteiger partial charge on any atom is 0.220 e. The fourth-order valence-corrected chi connectivity index (χ4v) is 1.55. The summed E-state index contributed by atoms with van der Waals surface area (Å²) in [6, 6.07) is 0. The molecule has 0 aromatic carbocycles. The molecule has 0 bridgehead atoms. The second kappa shape index (κ2) is 17.1. The normalized spacial score (nSPS) is 10.7. The van der Waals surface area contributed by atoms with Crippen molar-refractivity contribution in [3.05, 3.63) is 0 Å². The minimum Gasteiger partial charge on any atom is -0.379 e. The zero-order valence-corrected chi connectivity index (χ0v) is 13.7. The van der Waals surface area contributed by atoms with Crippen molar-refractivity contribution in [1.29, 1.82) is 0 Å². The highest BCUT2D eigenvalue weighted by atomic mass is 16.5. The van der Waals surface area contributed by atoms with Gasteiger partial charge < -0.3 is 25.3 Å². The third-order valence-electron chi connectivity index (χ3n) is 2.74. The van der Waals surface area contributed by atoms with Gasteiger partial charge in [-0.25, -0.2) is 0 Å². The van der Waals surface area contributed by atoms with Gasteiger partial charge in [0.2, 0.25) is 11.8 Å². The lowest BCUT2D eigenvalue weighted by Gasteiger charge is -2.07. The topological polar surface area (TPSA) is 138 Å². The van der Waals surface area contributed by atoms with Crippen LogP contribution >= 0.6 is 0 Å². The maximum absolute atomic E-state index is 11.3. The largest absolute Gasteiger partial charge is 0.379 e. The molecule has 6 N–H and O–H groups in total. The van der Waals surface area contributed by atoms with E-state index < -0.39 is 5.91 Å². The molecular formula is C14H30N4O5. The van der Waals surface area contributed by atoms with Crippen LogP contribution < -0.4 is 22.3 Å². The molecule has 9 heteroatoms. The number of nitrogens with one attached hydrogen (secondary N) is 2. The number of hydrogen-bond acceptors (Lipinski definition) is 7. The molecule has 0 aromatic heterocycles. The Morgan fingerprint density at radius 3 is 1.83 bits per heavy atom. The smallest absolute Gasteiger partial charge is 0.220 e. The highest BCUT2D eigenvalue weighted by Gasteiger charge is 2.02. The number of carbonyl (C=O) groups excluding carboxylic acids is 2. The van der Waals surface area contributed by atoms with Crippen molar-refractivity contribution >= 4 is 11.8 Å². The van der Waals surface area contributed by atoms with Gasteiger partial charge >= 0.3 is 0 Å². The van der Waals surface area contributed by atoms with Crippen molar-refractivity contribution in [3.8, 4) is 0 Å². The quantitative estimate of drug-likeness (QED) is 0.147. The van der Waals surface area contributed by atoms with Crippen LogP contribution in [-0.4, -0.2) is 64.5 Å². The first-order valence-electron chi connectivity index (χ1n) is 7.88. The molecule has 0 aromatic rings. The van der Waals surface area contributed by atoms with Gasteiger partial charge in [-0.1, -0.05) is 0 Å². The van der Waals surface area contributed by atoms with E-state index >= 15 is 0 Å². The lowest BCUT2D eigenvalue weighted by molar-refractivity contribution is -0.125. The summed E-state index contributed by atoms with van der Waals surface area (Å²) in [6.45, 7) is 4.57. The molecule has 9 nitrogen and oxygen atoms in total. The molecule has 0 saturated carbocycles. The summed E-state index contributed by atoms with van der Waals surface area (Å²) in [5, 5.41) is 2.69. The monoisotopic (exact) mass is 334 g/mol. The number of ether oxygens (including phenoxy) is 3. The molecule has 23 heavy (non-hydrogen) atoms. The fraction of sp³-hybridized carbons (Fsp3) is 0.857. The molecule has 0 saturated heterocycles. The Balaban J connectivity index is 3.10. The van der Waals surface area contributed by atoms with Gasteiger partial charge in [0.25, 0.3) is 0 Å². The van der Waals surface area contributed by atoms with Gasteiger partial charge in [-0.2, -0.15) is 0 Å². The van der Waals surface area contributed by atoms with E-state index in [1.165, 1.54) is 0 Å². The molecular weight excluding hydrogens is 304 g/mol. The van der Waals surface area contributed by atoms with Crippen LogP contribution in [-0.2, 0) is 23.8 Å². The Kier molecular flexibility index (Phi) is 16.2. The number of rotatable bonds is 17. The number of hydrogen-bond donors (Lipinski definition) is 4. The van der Waals surface area contributed by atoms with E-state index in [0.29, 0.717) is 52.6 Å². The van der Waals surface area contributed by atoms with Crippen LogP contribution in [0, 0.1) is 0 Å². The Morgan fingerprint density at radius 2 is 1.30 bits per heavy atom. The Hall–Kier alpha value is -1.26. The third kappa shape index (κ3) is 18.7. The third-order valence-corrected chi connectivity index (χ3v) is 2.74. The highest BCUT2D eigenvalue weighted by Crippen LogP contribution is 1.88. The average molecular weight is 334 g/mol. The summed E-state index contributed by atoms with van der Waals surface area (Å²) in [6.07, 6.45) is 1.79. The van der Waals surface area contributed by atoms with Gasteiger partial charge in [0.15, 0.2) is 0 Å². The molecule has 0 aliphatic rings. The van der Waals surface area contributed by atoms with E-state index in [9.17, 15) is 9.59 Å². The highest BCUT2D eigenvalue weighted by molar-refractivity contribution is 5.82. The van der Waals surface area contributed by atoms with Crippen LogP contribution in [0.5, 0.6) is 0 Å². The molecule has 0 unspecified atom stereocenters. The van der Waals surface area contributed by atoms with Crippen LogP contribution in [0.15, 0.2) is 0 Å². The number of amides is 2. The zero-order valence-electron chi connectivity index (χ0n) is 13.7. The van der Waals surface area contributed by atoms with E-state index in [1.807, 2.05) is 0 Å². The zero-order chi connectivity index (χ0) is 17.2. The first kappa shape index (κ1) is 21.7. The standard InChI is InChI=1S/C14H30N4O5/c15-13(19)3-4-14(20)17-5-1-7-21-9-11-23-12-10-22-8-2-6-18-16/h18H,1-12,16H2,(H2,15,19)(H,17,20). The van der Waals surface area contributed by atoms with Gasteiger partial charge in [0, 0.05) is 39.1 Å². The number of primary amides is 1. The summed E-state index contributed by atoms with van der Waals surface area (Å²) >= 11 is 0. The molecule has 0 aliphatic carbocycles. The van der Waals surface area contributed by atoms with Gasteiger partial charge in [-0.15, -0.1) is 0 Å². The number of hydrazine groups is 1.